The van der Waals surface area contributed by atoms with Gasteiger partial charge in [-0.1, -0.05) is 36.4 Å². The Morgan fingerprint density at radius 1 is 1.00 bits per heavy atom. The van der Waals surface area contributed by atoms with E-state index >= 15 is 0 Å². The van der Waals surface area contributed by atoms with Crippen LogP contribution in [-0.2, 0) is 26.1 Å². The number of carbonyl (C=O) groups is 2. The summed E-state index contributed by atoms with van der Waals surface area (Å²) in [7, 11) is 0. The van der Waals surface area contributed by atoms with Crippen LogP contribution in [0.1, 0.15) is 87.6 Å². The lowest BCUT2D eigenvalue weighted by Gasteiger charge is -2.41. The number of amides is 1. The van der Waals surface area contributed by atoms with Crippen molar-refractivity contribution in [1.29, 1.82) is 0 Å². The molecule has 3 aliphatic rings. The Balaban J connectivity index is 1.23. The fourth-order valence-electron chi connectivity index (χ4n) is 7.42. The molecule has 0 N–H and O–H groups in total. The van der Waals surface area contributed by atoms with E-state index in [1.807, 2.05) is 52.0 Å². The third kappa shape index (κ3) is 5.74. The summed E-state index contributed by atoms with van der Waals surface area (Å²) in [6.45, 7) is 9.52. The molecular formula is C36H41FN2O4. The summed E-state index contributed by atoms with van der Waals surface area (Å²) in [4.78, 5) is 30.0. The zero-order valence-electron chi connectivity index (χ0n) is 25.6. The average molecular weight is 585 g/mol. The summed E-state index contributed by atoms with van der Waals surface area (Å²) in [6, 6.07) is 21.5. The van der Waals surface area contributed by atoms with Crippen LogP contribution in [0.2, 0.25) is 0 Å². The van der Waals surface area contributed by atoms with E-state index in [0.717, 1.165) is 66.0 Å². The van der Waals surface area contributed by atoms with Crippen molar-refractivity contribution >= 4 is 23.4 Å². The minimum Gasteiger partial charge on any atom is -0.466 e. The monoisotopic (exact) mass is 584 g/mol. The van der Waals surface area contributed by atoms with E-state index in [2.05, 4.69) is 35.2 Å². The molecule has 2 heterocycles. The van der Waals surface area contributed by atoms with E-state index < -0.39 is 5.60 Å². The number of fused-ring (bicyclic) bond motifs is 3. The molecule has 3 aromatic carbocycles. The number of hydrogen-bond acceptors (Lipinski definition) is 5. The molecule has 1 spiro atoms. The molecule has 6 rings (SSSR count). The Hall–Kier alpha value is -3.87. The summed E-state index contributed by atoms with van der Waals surface area (Å²) in [5.41, 5.74) is 5.64. The molecule has 2 aliphatic heterocycles. The average Bonchev–Trinajstić information content (AvgIpc) is 3.48. The highest BCUT2D eigenvalue weighted by molar-refractivity contribution is 5.92. The number of nitrogens with zero attached hydrogens (tertiary/aromatic N) is 2. The minimum atomic E-state index is -0.595. The molecule has 0 saturated carbocycles. The predicted molar refractivity (Wildman–Crippen MR) is 166 cm³/mol. The van der Waals surface area contributed by atoms with E-state index in [0.29, 0.717) is 19.4 Å². The van der Waals surface area contributed by atoms with Gasteiger partial charge in [-0.05, 0) is 117 Å². The van der Waals surface area contributed by atoms with Crippen LogP contribution in [0.5, 0.6) is 0 Å². The van der Waals surface area contributed by atoms with Crippen LogP contribution < -0.4 is 9.80 Å². The number of benzene rings is 3. The second-order valence-electron chi connectivity index (χ2n) is 13.2. The van der Waals surface area contributed by atoms with Crippen LogP contribution in [0.15, 0.2) is 66.7 Å². The van der Waals surface area contributed by atoms with Crippen molar-refractivity contribution in [2.24, 2.45) is 0 Å². The second kappa shape index (κ2) is 11.3. The van der Waals surface area contributed by atoms with Crippen molar-refractivity contribution in [3.63, 3.8) is 0 Å². The quantitative estimate of drug-likeness (QED) is 0.286. The number of piperidine rings is 1. The first-order valence-electron chi connectivity index (χ1n) is 15.5. The topological polar surface area (TPSA) is 59.1 Å². The van der Waals surface area contributed by atoms with Crippen molar-refractivity contribution in [2.45, 2.75) is 82.8 Å². The molecular weight excluding hydrogens is 543 g/mol. The highest BCUT2D eigenvalue weighted by Gasteiger charge is 2.46. The van der Waals surface area contributed by atoms with Gasteiger partial charge < -0.3 is 14.4 Å². The minimum absolute atomic E-state index is 0.0509. The Labute approximate surface area is 253 Å². The van der Waals surface area contributed by atoms with Crippen molar-refractivity contribution in [3.8, 4) is 0 Å². The number of carbonyl (C=O) groups excluding carboxylic acids is 2. The van der Waals surface area contributed by atoms with Gasteiger partial charge in [0.15, 0.2) is 0 Å². The Kier molecular flexibility index (Phi) is 7.69. The molecule has 1 fully saturated rings. The van der Waals surface area contributed by atoms with Gasteiger partial charge in [0.25, 0.3) is 0 Å². The third-order valence-electron chi connectivity index (χ3n) is 9.29. The van der Waals surface area contributed by atoms with Crippen LogP contribution in [-0.4, -0.2) is 37.4 Å². The van der Waals surface area contributed by atoms with Crippen molar-refractivity contribution in [1.82, 2.24) is 0 Å². The largest absolute Gasteiger partial charge is 0.466 e. The van der Waals surface area contributed by atoms with Gasteiger partial charge in [0.05, 0.1) is 24.8 Å². The first-order chi connectivity index (χ1) is 20.6. The SMILES string of the molecule is CCOC(=O)C[C@@H]1CC2(CCN(c3ccc4c(c3)CC(c3ccccc3)N4C(=O)OC(C)(C)C)CC2)c2cc(F)ccc21. The van der Waals surface area contributed by atoms with Gasteiger partial charge >= 0.3 is 12.1 Å². The molecule has 1 unspecified atom stereocenters. The van der Waals surface area contributed by atoms with Gasteiger partial charge in [-0.15, -0.1) is 0 Å². The second-order valence-corrected chi connectivity index (χ2v) is 13.2. The molecule has 0 bridgehead atoms. The van der Waals surface area contributed by atoms with E-state index in [-0.39, 0.29) is 35.3 Å². The fourth-order valence-corrected chi connectivity index (χ4v) is 7.42. The Bertz CT molecular complexity index is 1510. The molecule has 1 aliphatic carbocycles. The smallest absolute Gasteiger partial charge is 0.415 e. The lowest BCUT2D eigenvalue weighted by Crippen LogP contribution is -2.41. The maximum atomic E-state index is 14.5. The summed E-state index contributed by atoms with van der Waals surface area (Å²) >= 11 is 0. The van der Waals surface area contributed by atoms with E-state index in [1.165, 1.54) is 6.07 Å². The van der Waals surface area contributed by atoms with Crippen LogP contribution in [0.3, 0.4) is 0 Å². The molecule has 226 valence electrons. The molecule has 0 radical (unpaired) electrons. The molecule has 0 aromatic heterocycles. The molecule has 43 heavy (non-hydrogen) atoms. The van der Waals surface area contributed by atoms with Gasteiger partial charge in [-0.2, -0.15) is 0 Å². The van der Waals surface area contributed by atoms with Crippen molar-refractivity contribution in [2.75, 3.05) is 29.5 Å². The highest BCUT2D eigenvalue weighted by Crippen LogP contribution is 2.53. The Morgan fingerprint density at radius 2 is 1.74 bits per heavy atom. The maximum absolute atomic E-state index is 14.5. The van der Waals surface area contributed by atoms with Gasteiger partial charge in [0, 0.05) is 18.8 Å². The van der Waals surface area contributed by atoms with Gasteiger partial charge in [0.2, 0.25) is 0 Å². The summed E-state index contributed by atoms with van der Waals surface area (Å²) in [5, 5.41) is 0. The van der Waals surface area contributed by atoms with E-state index in [9.17, 15) is 14.0 Å². The van der Waals surface area contributed by atoms with Gasteiger partial charge in [-0.3, -0.25) is 9.69 Å². The molecule has 6 nitrogen and oxygen atoms in total. The number of esters is 1. The number of anilines is 2. The van der Waals surface area contributed by atoms with E-state index in [1.54, 1.807) is 11.0 Å². The number of hydrogen-bond donors (Lipinski definition) is 0. The lowest BCUT2D eigenvalue weighted by atomic mass is 9.73. The Morgan fingerprint density at radius 3 is 2.44 bits per heavy atom. The molecule has 7 heteroatoms. The summed E-state index contributed by atoms with van der Waals surface area (Å²) < 4.78 is 25.6. The molecule has 1 amide bonds. The van der Waals surface area contributed by atoms with Crippen LogP contribution in [0.4, 0.5) is 20.6 Å². The standard InChI is InChI=1S/C36H41FN2O4/c1-5-42-33(40)21-26-23-36(30-22-27(37)11-13-29(26)30)15-17-38(18-16-36)28-12-14-31-25(19-28)20-32(24-9-7-6-8-10-24)39(31)34(41)43-35(2,3)4/h6-14,19,22,26,32H,5,15-18,20-21,23H2,1-4H3/t26-,32?/m1/s1. The third-order valence-corrected chi connectivity index (χ3v) is 9.29. The molecule has 1 saturated heterocycles. The first kappa shape index (κ1) is 29.2. The zero-order valence-corrected chi connectivity index (χ0v) is 25.6. The molecule has 3 aromatic rings. The van der Waals surface area contributed by atoms with Gasteiger partial charge in [-0.25, -0.2) is 9.18 Å². The normalized spacial score (nSPS) is 20.6. The van der Waals surface area contributed by atoms with Gasteiger partial charge in [0.1, 0.15) is 11.4 Å². The molecule has 2 atom stereocenters. The van der Waals surface area contributed by atoms with Crippen LogP contribution >= 0.6 is 0 Å². The van der Waals surface area contributed by atoms with Crippen molar-refractivity contribution < 1.29 is 23.5 Å². The van der Waals surface area contributed by atoms with Crippen LogP contribution in [0.25, 0.3) is 0 Å². The van der Waals surface area contributed by atoms with Crippen molar-refractivity contribution in [3.05, 3.63) is 94.8 Å². The lowest BCUT2D eigenvalue weighted by molar-refractivity contribution is -0.143. The number of ether oxygens (including phenoxy) is 2. The zero-order chi connectivity index (χ0) is 30.4. The van der Waals surface area contributed by atoms with Crippen LogP contribution in [0, 0.1) is 5.82 Å². The number of halogens is 1. The summed E-state index contributed by atoms with van der Waals surface area (Å²) in [6.07, 6.45) is 3.32. The number of rotatable bonds is 5. The predicted octanol–water partition coefficient (Wildman–Crippen LogP) is 7.84. The maximum Gasteiger partial charge on any atom is 0.415 e. The fraction of sp³-hybridized carbons (Fsp3) is 0.444. The first-order valence-corrected chi connectivity index (χ1v) is 15.5. The van der Waals surface area contributed by atoms with E-state index in [4.69, 9.17) is 9.47 Å². The summed E-state index contributed by atoms with van der Waals surface area (Å²) in [5.74, 6) is -0.363. The highest BCUT2D eigenvalue weighted by atomic mass is 19.1.